The smallest absolute Gasteiger partial charge is 0.237 e. The van der Waals surface area contributed by atoms with Crippen molar-refractivity contribution in [3.8, 4) is 0 Å². The van der Waals surface area contributed by atoms with Crippen molar-refractivity contribution >= 4 is 11.8 Å². The molecule has 0 aliphatic heterocycles. The Kier molecular flexibility index (Phi) is 4.74. The van der Waals surface area contributed by atoms with Gasteiger partial charge in [0.15, 0.2) is 0 Å². The van der Waals surface area contributed by atoms with Crippen LogP contribution >= 0.6 is 0 Å². The van der Waals surface area contributed by atoms with E-state index >= 15 is 0 Å². The Morgan fingerprint density at radius 1 is 1.33 bits per heavy atom. The van der Waals surface area contributed by atoms with Crippen molar-refractivity contribution in [1.29, 1.82) is 0 Å². The third-order valence-electron chi connectivity index (χ3n) is 2.39. The Hall–Kier alpha value is -1.10. The largest absolute Gasteiger partial charge is 0.369 e. The van der Waals surface area contributed by atoms with E-state index in [0.29, 0.717) is 0 Å². The number of nitrogens with two attached hydrogens (primary N) is 2. The van der Waals surface area contributed by atoms with Crippen LogP contribution in [0.25, 0.3) is 0 Å². The van der Waals surface area contributed by atoms with E-state index in [1.54, 1.807) is 13.8 Å². The number of primary amides is 1. The summed E-state index contributed by atoms with van der Waals surface area (Å²) in [5, 5.41) is 2.62. The van der Waals surface area contributed by atoms with Crippen molar-refractivity contribution < 1.29 is 9.59 Å². The van der Waals surface area contributed by atoms with Gasteiger partial charge < -0.3 is 16.8 Å². The minimum absolute atomic E-state index is 0.0710. The van der Waals surface area contributed by atoms with E-state index in [9.17, 15) is 9.59 Å². The lowest BCUT2D eigenvalue weighted by Crippen LogP contribution is -2.49. The van der Waals surface area contributed by atoms with Gasteiger partial charge in [-0.15, -0.1) is 0 Å². The first-order chi connectivity index (χ1) is 6.68. The normalized spacial score (nSPS) is 13.7. The molecule has 15 heavy (non-hydrogen) atoms. The third-order valence-corrected chi connectivity index (χ3v) is 2.39. The quantitative estimate of drug-likeness (QED) is 0.582. The van der Waals surface area contributed by atoms with Crippen LogP contribution in [0, 0.1) is 11.3 Å². The SMILES string of the molecule is CC(C)[C@H](N)C(=O)NCC(C)(C)C(N)=O. The molecule has 0 spiro atoms. The monoisotopic (exact) mass is 215 g/mol. The van der Waals surface area contributed by atoms with E-state index in [4.69, 9.17) is 11.5 Å². The van der Waals surface area contributed by atoms with E-state index in [1.165, 1.54) is 0 Å². The van der Waals surface area contributed by atoms with Crippen LogP contribution in [0.4, 0.5) is 0 Å². The molecule has 0 aromatic rings. The molecular weight excluding hydrogens is 194 g/mol. The van der Waals surface area contributed by atoms with Crippen LogP contribution in [0.5, 0.6) is 0 Å². The molecule has 0 rings (SSSR count). The first kappa shape index (κ1) is 13.9. The molecule has 0 heterocycles. The van der Waals surface area contributed by atoms with E-state index in [2.05, 4.69) is 5.32 Å². The Bertz CT molecular complexity index is 249. The number of rotatable bonds is 5. The maximum Gasteiger partial charge on any atom is 0.237 e. The lowest BCUT2D eigenvalue weighted by atomic mass is 9.92. The molecule has 5 heteroatoms. The van der Waals surface area contributed by atoms with Crippen molar-refractivity contribution in [2.75, 3.05) is 6.54 Å². The standard InChI is InChI=1S/C10H21N3O2/c1-6(2)7(11)8(14)13-5-10(3,4)9(12)15/h6-7H,5,11H2,1-4H3,(H2,12,15)(H,13,14)/t7-/m0/s1. The molecule has 5 N–H and O–H groups in total. The summed E-state index contributed by atoms with van der Waals surface area (Å²) in [4.78, 5) is 22.4. The van der Waals surface area contributed by atoms with Crippen molar-refractivity contribution in [3.05, 3.63) is 0 Å². The molecule has 0 aromatic heterocycles. The number of hydrogen-bond acceptors (Lipinski definition) is 3. The molecule has 0 aliphatic carbocycles. The highest BCUT2D eigenvalue weighted by atomic mass is 16.2. The predicted molar refractivity (Wildman–Crippen MR) is 58.8 cm³/mol. The first-order valence-electron chi connectivity index (χ1n) is 5.01. The fourth-order valence-electron chi connectivity index (χ4n) is 0.816. The summed E-state index contributed by atoms with van der Waals surface area (Å²) in [6.07, 6.45) is 0. The molecule has 0 fully saturated rings. The first-order valence-corrected chi connectivity index (χ1v) is 5.01. The maximum absolute atomic E-state index is 11.5. The molecule has 2 amide bonds. The van der Waals surface area contributed by atoms with Crippen LogP contribution in [0.1, 0.15) is 27.7 Å². The summed E-state index contributed by atoms with van der Waals surface area (Å²) in [6, 6.07) is -0.548. The topological polar surface area (TPSA) is 98.2 Å². The predicted octanol–water partition coefficient (Wildman–Crippen LogP) is -0.403. The molecule has 0 aromatic carbocycles. The van der Waals surface area contributed by atoms with Gasteiger partial charge in [0, 0.05) is 6.54 Å². The van der Waals surface area contributed by atoms with Crippen LogP contribution in [-0.4, -0.2) is 24.4 Å². The Morgan fingerprint density at radius 3 is 2.13 bits per heavy atom. The van der Waals surface area contributed by atoms with Crippen LogP contribution in [0.15, 0.2) is 0 Å². The molecule has 0 bridgehead atoms. The zero-order chi connectivity index (χ0) is 12.2. The molecular formula is C10H21N3O2. The molecule has 0 aliphatic rings. The molecule has 0 radical (unpaired) electrons. The minimum atomic E-state index is -0.744. The van der Waals surface area contributed by atoms with Crippen molar-refractivity contribution in [2.24, 2.45) is 22.8 Å². The summed E-state index contributed by atoms with van der Waals surface area (Å²) in [6.45, 7) is 7.29. The van der Waals surface area contributed by atoms with Gasteiger partial charge in [0.05, 0.1) is 11.5 Å². The lowest BCUT2D eigenvalue weighted by molar-refractivity contribution is -0.127. The van der Waals surface area contributed by atoms with Gasteiger partial charge in [0.2, 0.25) is 11.8 Å². The van der Waals surface area contributed by atoms with Crippen LogP contribution in [0.3, 0.4) is 0 Å². The Balaban J connectivity index is 4.18. The van der Waals surface area contributed by atoms with Gasteiger partial charge >= 0.3 is 0 Å². The van der Waals surface area contributed by atoms with Gasteiger partial charge in [0.25, 0.3) is 0 Å². The van der Waals surface area contributed by atoms with Gasteiger partial charge in [-0.05, 0) is 19.8 Å². The average molecular weight is 215 g/mol. The highest BCUT2D eigenvalue weighted by Gasteiger charge is 2.27. The van der Waals surface area contributed by atoms with Crippen molar-refractivity contribution in [1.82, 2.24) is 5.32 Å². The second kappa shape index (κ2) is 5.11. The van der Waals surface area contributed by atoms with E-state index in [-0.39, 0.29) is 18.4 Å². The fraction of sp³-hybridized carbons (Fsp3) is 0.800. The van der Waals surface area contributed by atoms with Crippen molar-refractivity contribution in [2.45, 2.75) is 33.7 Å². The molecule has 88 valence electrons. The maximum atomic E-state index is 11.5. The molecule has 0 unspecified atom stereocenters. The number of hydrogen-bond donors (Lipinski definition) is 3. The number of carbonyl (C=O) groups is 2. The number of carbonyl (C=O) groups excluding carboxylic acids is 2. The minimum Gasteiger partial charge on any atom is -0.369 e. The highest BCUT2D eigenvalue weighted by molar-refractivity contribution is 5.84. The third kappa shape index (κ3) is 4.29. The number of nitrogens with one attached hydrogen (secondary N) is 1. The van der Waals surface area contributed by atoms with Crippen molar-refractivity contribution in [3.63, 3.8) is 0 Å². The van der Waals surface area contributed by atoms with Gasteiger partial charge in [0.1, 0.15) is 0 Å². The zero-order valence-electron chi connectivity index (χ0n) is 9.83. The second-order valence-corrected chi connectivity index (χ2v) is 4.74. The van der Waals surface area contributed by atoms with Gasteiger partial charge in [-0.3, -0.25) is 9.59 Å². The van der Waals surface area contributed by atoms with Gasteiger partial charge in [-0.25, -0.2) is 0 Å². The van der Waals surface area contributed by atoms with E-state index in [0.717, 1.165) is 0 Å². The number of amides is 2. The summed E-state index contributed by atoms with van der Waals surface area (Å²) in [5.74, 6) is -0.623. The van der Waals surface area contributed by atoms with Gasteiger partial charge in [-0.2, -0.15) is 0 Å². The summed E-state index contributed by atoms with van der Waals surface area (Å²) in [5.41, 5.74) is 10.1. The highest BCUT2D eigenvalue weighted by Crippen LogP contribution is 2.12. The Labute approximate surface area is 90.6 Å². The Morgan fingerprint density at radius 2 is 1.80 bits per heavy atom. The zero-order valence-corrected chi connectivity index (χ0v) is 9.83. The van der Waals surface area contributed by atoms with E-state index < -0.39 is 17.4 Å². The molecule has 0 saturated heterocycles. The lowest BCUT2D eigenvalue weighted by Gasteiger charge is -2.23. The van der Waals surface area contributed by atoms with E-state index in [1.807, 2.05) is 13.8 Å². The molecule has 0 saturated carbocycles. The molecule has 1 atom stereocenters. The van der Waals surface area contributed by atoms with Crippen LogP contribution < -0.4 is 16.8 Å². The molecule has 5 nitrogen and oxygen atoms in total. The fourth-order valence-corrected chi connectivity index (χ4v) is 0.816. The van der Waals surface area contributed by atoms with Crippen LogP contribution in [-0.2, 0) is 9.59 Å². The van der Waals surface area contributed by atoms with Crippen LogP contribution in [0.2, 0.25) is 0 Å². The second-order valence-electron chi connectivity index (χ2n) is 4.74. The average Bonchev–Trinajstić information content (AvgIpc) is 2.12. The summed E-state index contributed by atoms with van der Waals surface area (Å²) < 4.78 is 0. The summed E-state index contributed by atoms with van der Waals surface area (Å²) >= 11 is 0. The summed E-state index contributed by atoms with van der Waals surface area (Å²) in [7, 11) is 0. The van der Waals surface area contributed by atoms with Gasteiger partial charge in [-0.1, -0.05) is 13.8 Å².